The van der Waals surface area contributed by atoms with Crippen LogP contribution in [0.2, 0.25) is 0 Å². The van der Waals surface area contributed by atoms with Crippen LogP contribution in [0.5, 0.6) is 11.5 Å². The van der Waals surface area contributed by atoms with E-state index in [1.807, 2.05) is 24.4 Å². The fourth-order valence-corrected chi connectivity index (χ4v) is 10.2. The highest BCUT2D eigenvalue weighted by Crippen LogP contribution is 2.72. The van der Waals surface area contributed by atoms with Gasteiger partial charge in [0.05, 0.1) is 7.11 Å². The van der Waals surface area contributed by atoms with Crippen LogP contribution in [0.15, 0.2) is 22.0 Å². The number of ether oxygens (including phenoxy) is 3. The van der Waals surface area contributed by atoms with Crippen LogP contribution < -0.4 is 9.47 Å². The normalized spacial score (nSPS) is 35.7. The number of nitrogens with zero attached hydrogens (tertiary/aromatic N) is 3. The van der Waals surface area contributed by atoms with Crippen molar-refractivity contribution in [2.45, 2.75) is 79.9 Å². The molecule has 8 rings (SSSR count). The van der Waals surface area contributed by atoms with Gasteiger partial charge >= 0.3 is 0 Å². The van der Waals surface area contributed by atoms with E-state index in [1.54, 1.807) is 18.4 Å². The molecule has 1 aliphatic heterocycles. The zero-order chi connectivity index (χ0) is 24.5. The molecule has 36 heavy (non-hydrogen) atoms. The Morgan fingerprint density at radius 2 is 2.14 bits per heavy atom. The van der Waals surface area contributed by atoms with Crippen LogP contribution in [0.1, 0.15) is 62.5 Å². The minimum absolute atomic E-state index is 0.0438. The number of aromatic nitrogens is 2. The van der Waals surface area contributed by atoms with Gasteiger partial charge in [-0.15, -0.1) is 10.2 Å². The number of hydrogen-bond acceptors (Lipinski definition) is 8. The Balaban J connectivity index is 1.34. The number of thioether (sulfide) groups is 1. The highest BCUT2D eigenvalue weighted by atomic mass is 32.2. The largest absolute Gasteiger partial charge is 0.493 e. The molecule has 4 fully saturated rings. The Bertz CT molecular complexity index is 1130. The summed E-state index contributed by atoms with van der Waals surface area (Å²) in [5, 5.41) is 8.39. The van der Waals surface area contributed by atoms with Crippen molar-refractivity contribution in [1.29, 1.82) is 0 Å². The van der Waals surface area contributed by atoms with E-state index in [1.165, 1.54) is 56.3 Å². The fraction of sp³-hybridized carbons (Fsp3) is 0.714. The summed E-state index contributed by atoms with van der Waals surface area (Å²) >= 11 is 3.49. The van der Waals surface area contributed by atoms with E-state index in [9.17, 15) is 0 Å². The predicted octanol–water partition coefficient (Wildman–Crippen LogP) is 5.42. The van der Waals surface area contributed by atoms with Crippen molar-refractivity contribution in [2.24, 2.45) is 17.3 Å². The van der Waals surface area contributed by atoms with Crippen LogP contribution in [0.3, 0.4) is 0 Å². The first-order valence-electron chi connectivity index (χ1n) is 13.7. The Morgan fingerprint density at radius 1 is 1.25 bits per heavy atom. The molecule has 2 heterocycles. The topological polar surface area (TPSA) is 56.7 Å². The van der Waals surface area contributed by atoms with Crippen molar-refractivity contribution < 1.29 is 14.2 Å². The lowest BCUT2D eigenvalue weighted by Crippen LogP contribution is -2.71. The molecule has 1 spiro atoms. The summed E-state index contributed by atoms with van der Waals surface area (Å²) in [6, 6.07) is 5.02. The SMILES string of the molecule is CCCN(CC1CC1)[C@@H]1Cc2ccc(OC)c3c2C2[C@@H](O3)[C@@]3(OC)CC[C@@]21C[C@@H]3CSc1nncs1. The molecule has 0 radical (unpaired) electrons. The molecule has 1 unspecified atom stereocenters. The highest BCUT2D eigenvalue weighted by molar-refractivity contribution is 8.01. The van der Waals surface area contributed by atoms with Gasteiger partial charge in [0, 0.05) is 42.8 Å². The van der Waals surface area contributed by atoms with Gasteiger partial charge in [-0.2, -0.15) is 0 Å². The average molecular weight is 528 g/mol. The molecule has 6 atom stereocenters. The lowest BCUT2D eigenvalue weighted by molar-refractivity contribution is -0.228. The van der Waals surface area contributed by atoms with Crippen LogP contribution in [-0.4, -0.2) is 65.9 Å². The number of benzene rings is 1. The summed E-state index contributed by atoms with van der Waals surface area (Å²) in [4.78, 5) is 2.90. The third kappa shape index (κ3) is 3.36. The molecule has 0 saturated heterocycles. The molecule has 2 aromatic rings. The van der Waals surface area contributed by atoms with E-state index < -0.39 is 0 Å². The first kappa shape index (κ1) is 23.7. The second kappa shape index (κ2) is 8.85. The Kier molecular flexibility index (Phi) is 5.84. The summed E-state index contributed by atoms with van der Waals surface area (Å²) in [6.45, 7) is 4.80. The van der Waals surface area contributed by atoms with Gasteiger partial charge < -0.3 is 14.2 Å². The van der Waals surface area contributed by atoms with Crippen molar-refractivity contribution in [3.8, 4) is 11.5 Å². The maximum Gasteiger partial charge on any atom is 0.174 e. The molecule has 0 N–H and O–H groups in total. The van der Waals surface area contributed by atoms with Crippen LogP contribution in [0.4, 0.5) is 0 Å². The third-order valence-corrected chi connectivity index (χ3v) is 12.1. The maximum atomic E-state index is 6.99. The van der Waals surface area contributed by atoms with Gasteiger partial charge in [0.1, 0.15) is 17.2 Å². The number of fused-ring (bicyclic) bond motifs is 2. The number of methoxy groups -OCH3 is 2. The summed E-state index contributed by atoms with van der Waals surface area (Å²) in [5.74, 6) is 4.57. The Morgan fingerprint density at radius 3 is 2.86 bits per heavy atom. The quantitative estimate of drug-likeness (QED) is 0.383. The minimum atomic E-state index is -0.278. The van der Waals surface area contributed by atoms with Gasteiger partial charge in [0.15, 0.2) is 15.8 Å². The zero-order valence-electron chi connectivity index (χ0n) is 21.6. The van der Waals surface area contributed by atoms with Gasteiger partial charge in [-0.1, -0.05) is 36.1 Å². The Hall–Kier alpha value is -1.35. The molecule has 194 valence electrons. The van der Waals surface area contributed by atoms with E-state index in [4.69, 9.17) is 14.2 Å². The van der Waals surface area contributed by atoms with Crippen molar-refractivity contribution in [2.75, 3.05) is 33.1 Å². The second-order valence-corrected chi connectivity index (χ2v) is 13.8. The highest BCUT2D eigenvalue weighted by Gasteiger charge is 2.72. The summed E-state index contributed by atoms with van der Waals surface area (Å²) in [6.07, 6.45) is 8.67. The van der Waals surface area contributed by atoms with Crippen LogP contribution in [0, 0.1) is 17.3 Å². The van der Waals surface area contributed by atoms with Gasteiger partial charge in [-0.3, -0.25) is 4.90 Å². The molecule has 0 amide bonds. The van der Waals surface area contributed by atoms with Crippen molar-refractivity contribution in [3.63, 3.8) is 0 Å². The molecule has 8 heteroatoms. The van der Waals surface area contributed by atoms with E-state index in [0.717, 1.165) is 40.4 Å². The van der Waals surface area contributed by atoms with E-state index in [2.05, 4.69) is 34.2 Å². The number of hydrogen-bond donors (Lipinski definition) is 0. The monoisotopic (exact) mass is 527 g/mol. The molecular weight excluding hydrogens is 490 g/mol. The lowest BCUT2D eigenvalue weighted by Gasteiger charge is -2.66. The molecular formula is C28H37N3O3S2. The van der Waals surface area contributed by atoms with Crippen LogP contribution >= 0.6 is 23.1 Å². The van der Waals surface area contributed by atoms with Crippen molar-refractivity contribution in [1.82, 2.24) is 15.1 Å². The Labute approximate surface area is 222 Å². The summed E-state index contributed by atoms with van der Waals surface area (Å²) < 4.78 is 20.5. The lowest BCUT2D eigenvalue weighted by atomic mass is 9.43. The molecule has 4 saturated carbocycles. The van der Waals surface area contributed by atoms with E-state index >= 15 is 0 Å². The standard InChI is InChI=1S/C28H37N3O3S2/c1-4-11-31(14-17-5-6-17)21-12-18-7-8-20(32-2)24-22(18)23-25(34-24)28(33-3)10-9-27(21,23)13-19(28)15-35-26-30-29-16-36-26/h7-8,16-17,19,21,23,25H,4-6,9-15H2,1-3H3/t19-,21-,23?,25-,27+,28-/m1/s1. The smallest absolute Gasteiger partial charge is 0.174 e. The molecule has 1 aromatic carbocycles. The van der Waals surface area contributed by atoms with Crippen molar-refractivity contribution in [3.05, 3.63) is 28.8 Å². The zero-order valence-corrected chi connectivity index (χ0v) is 23.2. The van der Waals surface area contributed by atoms with Crippen LogP contribution in [-0.2, 0) is 11.2 Å². The molecule has 2 bridgehead atoms. The first-order chi connectivity index (χ1) is 17.6. The predicted molar refractivity (Wildman–Crippen MR) is 142 cm³/mol. The molecule has 6 aliphatic rings. The maximum absolute atomic E-state index is 6.99. The number of rotatable bonds is 10. The first-order valence-corrected chi connectivity index (χ1v) is 15.5. The minimum Gasteiger partial charge on any atom is -0.493 e. The van der Waals surface area contributed by atoms with E-state index in [-0.39, 0.29) is 17.1 Å². The molecule has 5 aliphatic carbocycles. The van der Waals surface area contributed by atoms with Gasteiger partial charge in [-0.25, -0.2) is 0 Å². The third-order valence-electron chi connectivity index (χ3n) is 10.1. The second-order valence-electron chi connectivity index (χ2n) is 11.7. The average Bonchev–Trinajstić information content (AvgIpc) is 3.37. The molecule has 1 aromatic heterocycles. The summed E-state index contributed by atoms with van der Waals surface area (Å²) in [5.41, 5.74) is 4.68. The van der Waals surface area contributed by atoms with Crippen LogP contribution in [0.25, 0.3) is 0 Å². The molecule has 6 nitrogen and oxygen atoms in total. The van der Waals surface area contributed by atoms with Gasteiger partial charge in [0.2, 0.25) is 0 Å². The van der Waals surface area contributed by atoms with Gasteiger partial charge in [-0.05, 0) is 74.5 Å². The summed E-state index contributed by atoms with van der Waals surface area (Å²) in [7, 11) is 3.69. The fourth-order valence-electron chi connectivity index (χ4n) is 8.45. The van der Waals surface area contributed by atoms with E-state index in [0.29, 0.717) is 17.9 Å². The van der Waals surface area contributed by atoms with Crippen molar-refractivity contribution >= 4 is 23.1 Å². The van der Waals surface area contributed by atoms with Gasteiger partial charge in [0.25, 0.3) is 0 Å².